The first-order chi connectivity index (χ1) is 16.2. The minimum Gasteiger partial charge on any atom is -0.378 e. The monoisotopic (exact) mass is 459 g/mol. The maximum atomic E-state index is 13.1. The minimum absolute atomic E-state index is 0.0816. The number of pyridine rings is 1. The highest BCUT2D eigenvalue weighted by atomic mass is 16.1. The van der Waals surface area contributed by atoms with Crippen LogP contribution in [0.4, 0.5) is 11.4 Å². The topological polar surface area (TPSA) is 97.3 Å². The molecule has 0 unspecified atom stereocenters. The number of nitrogens with one attached hydrogen (secondary N) is 1. The third-order valence-electron chi connectivity index (χ3n) is 5.98. The van der Waals surface area contributed by atoms with Crippen LogP contribution in [0.3, 0.4) is 0 Å². The summed E-state index contributed by atoms with van der Waals surface area (Å²) in [4.78, 5) is 20.0. The maximum absolute atomic E-state index is 13.1. The van der Waals surface area contributed by atoms with Crippen LogP contribution in [0.2, 0.25) is 0 Å². The highest BCUT2D eigenvalue weighted by Crippen LogP contribution is 2.33. The van der Waals surface area contributed by atoms with Gasteiger partial charge in [-0.1, -0.05) is 38.1 Å². The standard InChI is InChI=1S/C28H37N5O/c1-18(2)14-26-25(17-30)28(21-8-6-20(16-29)7-9-21)24(19(3)31-26)15-27(34)32-22-10-12-23(13-11-22)33(4)5/h6-13,18H,14-17,29-30H2,1-5H3,(H,32,34). The van der Waals surface area contributed by atoms with E-state index in [9.17, 15) is 4.79 Å². The van der Waals surface area contributed by atoms with Crippen LogP contribution >= 0.6 is 0 Å². The van der Waals surface area contributed by atoms with Gasteiger partial charge in [-0.3, -0.25) is 9.78 Å². The van der Waals surface area contributed by atoms with Crippen LogP contribution in [0.5, 0.6) is 0 Å². The fraction of sp³-hybridized carbons (Fsp3) is 0.357. The first kappa shape index (κ1) is 25.4. The van der Waals surface area contributed by atoms with Crippen molar-refractivity contribution >= 4 is 17.3 Å². The molecule has 0 atom stereocenters. The SMILES string of the molecule is Cc1nc(CC(C)C)c(CN)c(-c2ccc(CN)cc2)c1CC(=O)Nc1ccc(N(C)C)cc1. The van der Waals surface area contributed by atoms with Gasteiger partial charge in [-0.15, -0.1) is 0 Å². The Labute approximate surface area is 203 Å². The van der Waals surface area contributed by atoms with Crippen molar-refractivity contribution in [1.29, 1.82) is 0 Å². The highest BCUT2D eigenvalue weighted by molar-refractivity contribution is 5.94. The van der Waals surface area contributed by atoms with E-state index < -0.39 is 0 Å². The predicted octanol–water partition coefficient (Wildman–Crippen LogP) is 4.42. The number of anilines is 2. The van der Waals surface area contributed by atoms with Gasteiger partial charge in [0.15, 0.2) is 0 Å². The normalized spacial score (nSPS) is 11.1. The quantitative estimate of drug-likeness (QED) is 0.440. The van der Waals surface area contributed by atoms with Crippen LogP contribution in [0.25, 0.3) is 11.1 Å². The van der Waals surface area contributed by atoms with Crippen LogP contribution in [0, 0.1) is 12.8 Å². The summed E-state index contributed by atoms with van der Waals surface area (Å²) < 4.78 is 0. The number of aromatic nitrogens is 1. The first-order valence-corrected chi connectivity index (χ1v) is 11.8. The van der Waals surface area contributed by atoms with Crippen molar-refractivity contribution in [3.63, 3.8) is 0 Å². The molecule has 0 saturated heterocycles. The van der Waals surface area contributed by atoms with Crippen LogP contribution in [-0.2, 0) is 30.7 Å². The zero-order chi connectivity index (χ0) is 24.8. The van der Waals surface area contributed by atoms with E-state index in [2.05, 4.69) is 31.3 Å². The lowest BCUT2D eigenvalue weighted by molar-refractivity contribution is -0.115. The molecule has 2 aromatic carbocycles. The van der Waals surface area contributed by atoms with Gasteiger partial charge in [0.25, 0.3) is 0 Å². The van der Waals surface area contributed by atoms with Crippen LogP contribution in [0.15, 0.2) is 48.5 Å². The van der Waals surface area contributed by atoms with Crippen molar-refractivity contribution in [2.75, 3.05) is 24.3 Å². The summed E-state index contributed by atoms with van der Waals surface area (Å²) in [6, 6.07) is 16.0. The fourth-order valence-electron chi connectivity index (χ4n) is 4.20. The van der Waals surface area contributed by atoms with E-state index in [1.54, 1.807) is 0 Å². The third-order valence-corrected chi connectivity index (χ3v) is 5.98. The Morgan fingerprint density at radius 3 is 2.15 bits per heavy atom. The third kappa shape index (κ3) is 6.01. The van der Waals surface area contributed by atoms with Gasteiger partial charge in [0, 0.05) is 49.9 Å². The summed E-state index contributed by atoms with van der Waals surface area (Å²) in [6.07, 6.45) is 1.06. The molecule has 0 spiro atoms. The molecule has 3 aromatic rings. The van der Waals surface area contributed by atoms with Crippen LogP contribution in [-0.4, -0.2) is 25.0 Å². The number of hydrogen-bond donors (Lipinski definition) is 3. The summed E-state index contributed by atoms with van der Waals surface area (Å²) >= 11 is 0. The molecular formula is C28H37N5O. The number of rotatable bonds is 9. The lowest BCUT2D eigenvalue weighted by atomic mass is 9.88. The van der Waals surface area contributed by atoms with E-state index in [4.69, 9.17) is 16.5 Å². The summed E-state index contributed by atoms with van der Waals surface area (Å²) in [5, 5.41) is 3.03. The molecule has 0 aliphatic carbocycles. The minimum atomic E-state index is -0.0816. The average molecular weight is 460 g/mol. The highest BCUT2D eigenvalue weighted by Gasteiger charge is 2.21. The number of hydrogen-bond acceptors (Lipinski definition) is 5. The molecule has 6 nitrogen and oxygen atoms in total. The van der Waals surface area contributed by atoms with E-state index in [1.807, 2.05) is 62.3 Å². The number of benzene rings is 2. The number of aryl methyl sites for hydroxylation is 1. The fourth-order valence-corrected chi connectivity index (χ4v) is 4.20. The number of carbonyl (C=O) groups excluding carboxylic acids is 1. The zero-order valence-corrected chi connectivity index (χ0v) is 21.0. The molecule has 1 heterocycles. The predicted molar refractivity (Wildman–Crippen MR) is 142 cm³/mol. The second-order valence-electron chi connectivity index (χ2n) is 9.35. The number of nitrogens with two attached hydrogens (primary N) is 2. The first-order valence-electron chi connectivity index (χ1n) is 11.8. The summed E-state index contributed by atoms with van der Waals surface area (Å²) in [5.74, 6) is 0.367. The van der Waals surface area contributed by atoms with Crippen LogP contribution < -0.4 is 21.7 Å². The largest absolute Gasteiger partial charge is 0.378 e. The Kier molecular flexibility index (Phi) is 8.42. The van der Waals surface area contributed by atoms with E-state index in [0.29, 0.717) is 19.0 Å². The smallest absolute Gasteiger partial charge is 0.228 e. The van der Waals surface area contributed by atoms with E-state index in [0.717, 1.165) is 57.0 Å². The molecule has 0 radical (unpaired) electrons. The van der Waals surface area contributed by atoms with Gasteiger partial charge in [0.1, 0.15) is 0 Å². The van der Waals surface area contributed by atoms with Crippen LogP contribution in [0.1, 0.15) is 41.9 Å². The van der Waals surface area contributed by atoms with Gasteiger partial charge in [-0.05, 0) is 71.3 Å². The Bertz CT molecular complexity index is 1120. The maximum Gasteiger partial charge on any atom is 0.228 e. The molecule has 0 bridgehead atoms. The molecule has 0 saturated carbocycles. The second kappa shape index (κ2) is 11.3. The molecule has 180 valence electrons. The van der Waals surface area contributed by atoms with E-state index in [-0.39, 0.29) is 12.3 Å². The molecule has 1 amide bonds. The lowest BCUT2D eigenvalue weighted by Gasteiger charge is -2.21. The molecular weight excluding hydrogens is 422 g/mol. The molecule has 3 rings (SSSR count). The van der Waals surface area contributed by atoms with Crippen molar-refractivity contribution < 1.29 is 4.79 Å². The van der Waals surface area contributed by atoms with Crippen molar-refractivity contribution in [3.8, 4) is 11.1 Å². The Hall–Kier alpha value is -3.22. The van der Waals surface area contributed by atoms with Gasteiger partial charge >= 0.3 is 0 Å². The number of nitrogens with zero attached hydrogens (tertiary/aromatic N) is 2. The Morgan fingerprint density at radius 1 is 0.971 bits per heavy atom. The van der Waals surface area contributed by atoms with Gasteiger partial charge in [-0.25, -0.2) is 0 Å². The Morgan fingerprint density at radius 2 is 1.62 bits per heavy atom. The lowest BCUT2D eigenvalue weighted by Crippen LogP contribution is -2.19. The summed E-state index contributed by atoms with van der Waals surface area (Å²) in [5.41, 5.74) is 20.8. The zero-order valence-electron chi connectivity index (χ0n) is 21.0. The average Bonchev–Trinajstić information content (AvgIpc) is 2.80. The molecule has 5 N–H and O–H groups in total. The second-order valence-corrected chi connectivity index (χ2v) is 9.35. The molecule has 0 aliphatic heterocycles. The molecule has 0 aliphatic rings. The summed E-state index contributed by atoms with van der Waals surface area (Å²) in [7, 11) is 3.98. The number of carbonyl (C=O) groups is 1. The van der Waals surface area contributed by atoms with Gasteiger partial charge in [0.05, 0.1) is 6.42 Å². The van der Waals surface area contributed by atoms with Gasteiger partial charge < -0.3 is 21.7 Å². The van der Waals surface area contributed by atoms with E-state index >= 15 is 0 Å². The van der Waals surface area contributed by atoms with E-state index in [1.165, 1.54) is 0 Å². The summed E-state index contributed by atoms with van der Waals surface area (Å²) in [6.45, 7) is 7.19. The molecule has 1 aromatic heterocycles. The molecule has 6 heteroatoms. The molecule has 34 heavy (non-hydrogen) atoms. The van der Waals surface area contributed by atoms with Gasteiger partial charge in [0.2, 0.25) is 5.91 Å². The Balaban J connectivity index is 2.01. The molecule has 0 fully saturated rings. The van der Waals surface area contributed by atoms with Crippen molar-refractivity contribution in [2.24, 2.45) is 17.4 Å². The van der Waals surface area contributed by atoms with Crippen molar-refractivity contribution in [2.45, 2.75) is 46.7 Å². The van der Waals surface area contributed by atoms with Gasteiger partial charge in [-0.2, -0.15) is 0 Å². The van der Waals surface area contributed by atoms with Crippen molar-refractivity contribution in [3.05, 3.63) is 76.6 Å². The van der Waals surface area contributed by atoms with Crippen molar-refractivity contribution in [1.82, 2.24) is 4.98 Å². The number of amides is 1.